The second-order valence-electron chi connectivity index (χ2n) is 3.11. The molecule has 1 aromatic rings. The first-order valence-corrected chi connectivity index (χ1v) is 4.07. The second-order valence-corrected chi connectivity index (χ2v) is 3.11. The van der Waals surface area contributed by atoms with Crippen molar-refractivity contribution in [3.8, 4) is 0 Å². The normalized spacial score (nSPS) is 20.5. The Kier molecular flexibility index (Phi) is 1.61. The summed E-state index contributed by atoms with van der Waals surface area (Å²) in [5.41, 5.74) is 2.10. The fraction of sp³-hybridized carbons (Fsp3) is 0.300. The zero-order chi connectivity index (χ0) is 8.55. The quantitative estimate of drug-likeness (QED) is 0.600. The van der Waals surface area contributed by atoms with Crippen LogP contribution in [0.5, 0.6) is 0 Å². The predicted molar refractivity (Wildman–Crippen MR) is 42.5 cm³/mol. The van der Waals surface area contributed by atoms with Crippen LogP contribution in [0.1, 0.15) is 23.5 Å². The zero-order valence-electron chi connectivity index (χ0n) is 6.62. The first-order valence-electron chi connectivity index (χ1n) is 4.07. The van der Waals surface area contributed by atoms with Gasteiger partial charge in [-0.05, 0) is 24.0 Å². The molecule has 2 nitrogen and oxygen atoms in total. The van der Waals surface area contributed by atoms with Gasteiger partial charge in [0.1, 0.15) is 0 Å². The van der Waals surface area contributed by atoms with E-state index in [2.05, 4.69) is 0 Å². The smallest absolute Gasteiger partial charge is 0.0489 e. The van der Waals surface area contributed by atoms with Gasteiger partial charge in [-0.1, -0.05) is 24.3 Å². The highest BCUT2D eigenvalue weighted by atomic mass is 16.4. The number of hydrogen-bond donors (Lipinski definition) is 0. The molecular formula is C10H9O2-. The molecule has 0 aliphatic heterocycles. The maximum absolute atomic E-state index is 10.7. The second kappa shape index (κ2) is 2.63. The van der Waals surface area contributed by atoms with Gasteiger partial charge in [0.15, 0.2) is 0 Å². The van der Waals surface area contributed by atoms with Gasteiger partial charge < -0.3 is 9.90 Å². The van der Waals surface area contributed by atoms with Crippen molar-refractivity contribution in [2.24, 2.45) is 0 Å². The maximum atomic E-state index is 10.7. The van der Waals surface area contributed by atoms with Gasteiger partial charge in [0, 0.05) is 11.9 Å². The van der Waals surface area contributed by atoms with Crippen molar-refractivity contribution in [1.29, 1.82) is 0 Å². The third-order valence-corrected chi connectivity index (χ3v) is 2.42. The molecule has 0 bridgehead atoms. The highest BCUT2D eigenvalue weighted by molar-refractivity contribution is 5.75. The Bertz CT molecular complexity index is 317. The van der Waals surface area contributed by atoms with Gasteiger partial charge >= 0.3 is 0 Å². The van der Waals surface area contributed by atoms with E-state index in [0.717, 1.165) is 17.5 Å². The Balaban J connectivity index is 2.42. The Morgan fingerprint density at radius 2 is 2.17 bits per heavy atom. The lowest BCUT2D eigenvalue weighted by molar-refractivity contribution is -0.307. The van der Waals surface area contributed by atoms with E-state index in [1.54, 1.807) is 0 Å². The molecule has 1 aromatic carbocycles. The first-order chi connectivity index (χ1) is 5.79. The lowest BCUT2D eigenvalue weighted by Crippen LogP contribution is -2.28. The van der Waals surface area contributed by atoms with Crippen LogP contribution in [0.15, 0.2) is 24.3 Å². The van der Waals surface area contributed by atoms with E-state index in [9.17, 15) is 9.90 Å². The van der Waals surface area contributed by atoms with Crippen molar-refractivity contribution >= 4 is 5.97 Å². The Labute approximate surface area is 70.8 Å². The van der Waals surface area contributed by atoms with Crippen molar-refractivity contribution in [3.63, 3.8) is 0 Å². The zero-order valence-corrected chi connectivity index (χ0v) is 6.62. The molecule has 62 valence electrons. The first kappa shape index (κ1) is 7.35. The van der Waals surface area contributed by atoms with E-state index in [4.69, 9.17) is 0 Å². The molecule has 0 saturated heterocycles. The molecule has 0 aromatic heterocycles. The Morgan fingerprint density at radius 1 is 1.42 bits per heavy atom. The van der Waals surface area contributed by atoms with Crippen molar-refractivity contribution in [2.75, 3.05) is 0 Å². The topological polar surface area (TPSA) is 40.1 Å². The monoisotopic (exact) mass is 161 g/mol. The summed E-state index contributed by atoms with van der Waals surface area (Å²) in [5, 5.41) is 10.7. The average molecular weight is 161 g/mol. The summed E-state index contributed by atoms with van der Waals surface area (Å²) >= 11 is 0. The minimum Gasteiger partial charge on any atom is -0.549 e. The summed E-state index contributed by atoms with van der Waals surface area (Å²) in [5.74, 6) is -1.32. The van der Waals surface area contributed by atoms with E-state index < -0.39 is 5.97 Å². The number of benzene rings is 1. The molecule has 0 saturated carbocycles. The molecule has 1 atom stereocenters. The van der Waals surface area contributed by atoms with Crippen LogP contribution in [-0.4, -0.2) is 5.97 Å². The van der Waals surface area contributed by atoms with Gasteiger partial charge in [-0.3, -0.25) is 0 Å². The number of carboxylic acid groups (broad SMARTS) is 1. The number of carbonyl (C=O) groups excluding carboxylic acids is 1. The molecule has 1 aliphatic rings. The van der Waals surface area contributed by atoms with Crippen LogP contribution in [0.4, 0.5) is 0 Å². The average Bonchev–Trinajstić information content (AvgIpc) is 2.47. The number of fused-ring (bicyclic) bond motifs is 1. The molecule has 2 rings (SSSR count). The van der Waals surface area contributed by atoms with Crippen LogP contribution in [0.25, 0.3) is 0 Å². The fourth-order valence-corrected chi connectivity index (χ4v) is 1.80. The molecule has 2 heteroatoms. The van der Waals surface area contributed by atoms with Gasteiger partial charge in [0.05, 0.1) is 0 Å². The van der Waals surface area contributed by atoms with E-state index in [0.29, 0.717) is 6.42 Å². The van der Waals surface area contributed by atoms with Crippen LogP contribution in [0.2, 0.25) is 0 Å². The Morgan fingerprint density at radius 3 is 2.92 bits per heavy atom. The van der Waals surface area contributed by atoms with Crippen LogP contribution < -0.4 is 5.11 Å². The third-order valence-electron chi connectivity index (χ3n) is 2.42. The summed E-state index contributed by atoms with van der Waals surface area (Å²) in [7, 11) is 0. The SMILES string of the molecule is O=C([O-])[C@H]1CCc2ccccc21. The lowest BCUT2D eigenvalue weighted by Gasteiger charge is -2.11. The van der Waals surface area contributed by atoms with E-state index in [-0.39, 0.29) is 5.92 Å². The molecule has 0 spiro atoms. The summed E-state index contributed by atoms with van der Waals surface area (Å²) in [6.07, 6.45) is 1.57. The maximum Gasteiger partial charge on any atom is 0.0489 e. The van der Waals surface area contributed by atoms with Crippen molar-refractivity contribution in [1.82, 2.24) is 0 Å². The number of hydrogen-bond acceptors (Lipinski definition) is 2. The van der Waals surface area contributed by atoms with E-state index in [1.807, 2.05) is 24.3 Å². The minimum atomic E-state index is -0.944. The van der Waals surface area contributed by atoms with Gasteiger partial charge in [0.2, 0.25) is 0 Å². The number of carboxylic acids is 1. The van der Waals surface area contributed by atoms with Crippen LogP contribution in [0, 0.1) is 0 Å². The summed E-state index contributed by atoms with van der Waals surface area (Å²) < 4.78 is 0. The molecular weight excluding hydrogens is 152 g/mol. The lowest BCUT2D eigenvalue weighted by atomic mass is 10.0. The van der Waals surface area contributed by atoms with Crippen LogP contribution >= 0.6 is 0 Å². The van der Waals surface area contributed by atoms with Crippen LogP contribution in [0.3, 0.4) is 0 Å². The van der Waals surface area contributed by atoms with E-state index >= 15 is 0 Å². The fourth-order valence-electron chi connectivity index (χ4n) is 1.80. The molecule has 12 heavy (non-hydrogen) atoms. The van der Waals surface area contributed by atoms with Gasteiger partial charge in [-0.2, -0.15) is 0 Å². The number of aliphatic carboxylic acids is 1. The standard InChI is InChI=1S/C10H10O2/c11-10(12)9-6-5-7-3-1-2-4-8(7)9/h1-4,9H,5-6H2,(H,11,12)/p-1/t9-/m0/s1. The molecule has 0 unspecified atom stereocenters. The number of carbonyl (C=O) groups is 1. The van der Waals surface area contributed by atoms with E-state index in [1.165, 1.54) is 0 Å². The summed E-state index contributed by atoms with van der Waals surface area (Å²) in [6.45, 7) is 0. The van der Waals surface area contributed by atoms with Crippen LogP contribution in [-0.2, 0) is 11.2 Å². The largest absolute Gasteiger partial charge is 0.549 e. The highest BCUT2D eigenvalue weighted by Gasteiger charge is 2.22. The van der Waals surface area contributed by atoms with Gasteiger partial charge in [-0.25, -0.2) is 0 Å². The molecule has 0 amide bonds. The Hall–Kier alpha value is -1.31. The van der Waals surface area contributed by atoms with Crippen molar-refractivity contribution in [3.05, 3.63) is 35.4 Å². The van der Waals surface area contributed by atoms with Gasteiger partial charge in [-0.15, -0.1) is 0 Å². The minimum absolute atomic E-state index is 0.374. The third kappa shape index (κ3) is 0.998. The molecule has 0 radical (unpaired) electrons. The van der Waals surface area contributed by atoms with Gasteiger partial charge in [0.25, 0.3) is 0 Å². The molecule has 0 N–H and O–H groups in total. The van der Waals surface area contributed by atoms with Crippen molar-refractivity contribution < 1.29 is 9.90 Å². The van der Waals surface area contributed by atoms with Crippen molar-refractivity contribution in [2.45, 2.75) is 18.8 Å². The highest BCUT2D eigenvalue weighted by Crippen LogP contribution is 2.31. The number of rotatable bonds is 1. The number of aryl methyl sites for hydroxylation is 1. The summed E-state index contributed by atoms with van der Waals surface area (Å²) in [4.78, 5) is 10.7. The predicted octanol–water partition coefficient (Wildman–Crippen LogP) is 0.466. The molecule has 0 fully saturated rings. The molecule has 0 heterocycles. The molecule has 1 aliphatic carbocycles. The summed E-state index contributed by atoms with van der Waals surface area (Å²) in [6, 6.07) is 7.68.